The van der Waals surface area contributed by atoms with Crippen LogP contribution in [0.4, 0.5) is 0 Å². The minimum absolute atomic E-state index is 0. The molecule has 16 aromatic rings. The average Bonchev–Trinajstić information content (AvgIpc) is 4.34. The van der Waals surface area contributed by atoms with Crippen molar-refractivity contribution < 1.29 is 21.1 Å². The fourth-order valence-electron chi connectivity index (χ4n) is 11.7. The van der Waals surface area contributed by atoms with Gasteiger partial charge in [0.1, 0.15) is 0 Å². The maximum atomic E-state index is 5.20. The molecule has 16 rings (SSSR count). The van der Waals surface area contributed by atoms with E-state index in [1.54, 1.807) is 0 Å². The van der Waals surface area contributed by atoms with E-state index in [1.807, 2.05) is 33.3 Å². The van der Waals surface area contributed by atoms with Gasteiger partial charge >= 0.3 is 21.1 Å². The Morgan fingerprint density at radius 2 is 0.520 bits per heavy atom. The Hall–Kier alpha value is -8.71. The zero-order valence-corrected chi connectivity index (χ0v) is 43.8. The van der Waals surface area contributed by atoms with Gasteiger partial charge in [-0.2, -0.15) is 68.9 Å². The fraction of sp³-hybridized carbons (Fsp3) is 0.0909. The Kier molecular flexibility index (Phi) is 9.98. The third-order valence-electron chi connectivity index (χ3n) is 15.7. The van der Waals surface area contributed by atoms with E-state index in [0.29, 0.717) is 0 Å². The summed E-state index contributed by atoms with van der Waals surface area (Å²) in [4.78, 5) is 0. The summed E-state index contributed by atoms with van der Waals surface area (Å²) in [5.74, 6) is 0. The van der Waals surface area contributed by atoms with Crippen LogP contribution in [0.1, 0.15) is 50.5 Å². The largest absolute Gasteiger partial charge is 2.00 e. The molecule has 75 heavy (non-hydrogen) atoms. The van der Waals surface area contributed by atoms with E-state index in [2.05, 4.69) is 231 Å². The van der Waals surface area contributed by atoms with Crippen molar-refractivity contribution >= 4 is 109 Å². The van der Waals surface area contributed by atoms with Crippen molar-refractivity contribution in [2.75, 3.05) is 0 Å². The second-order valence-electron chi connectivity index (χ2n) is 20.6. The Balaban J connectivity index is 0.000000136. The summed E-state index contributed by atoms with van der Waals surface area (Å²) in [5.41, 5.74) is 11.8. The number of nitrogens with zero attached hydrogens (tertiary/aromatic N) is 8. The van der Waals surface area contributed by atoms with E-state index in [1.165, 1.54) is 53.9 Å². The minimum Gasteiger partial charge on any atom is -0.257 e. The molecule has 0 spiro atoms. The first kappa shape index (κ1) is 44.9. The average molecular weight is 1150 g/mol. The van der Waals surface area contributed by atoms with Gasteiger partial charge in [0.2, 0.25) is 0 Å². The monoisotopic (exact) mass is 1150 g/mol. The van der Waals surface area contributed by atoms with Crippen molar-refractivity contribution in [2.24, 2.45) is 0 Å². The molecule has 360 valence electrons. The number of rotatable bonds is 4. The molecule has 0 unspecified atom stereocenters. The summed E-state index contributed by atoms with van der Waals surface area (Å²) >= 11 is 0. The van der Waals surface area contributed by atoms with Gasteiger partial charge in [-0.3, -0.25) is 9.03 Å². The van der Waals surface area contributed by atoms with E-state index in [9.17, 15) is 0 Å². The van der Waals surface area contributed by atoms with Crippen molar-refractivity contribution in [3.05, 3.63) is 241 Å². The first-order chi connectivity index (χ1) is 36.2. The molecule has 8 aromatic heterocycles. The molecule has 0 aliphatic rings. The Labute approximate surface area is 445 Å². The molecule has 0 bridgehead atoms. The third-order valence-corrected chi connectivity index (χ3v) is 15.7. The number of benzene rings is 8. The van der Waals surface area contributed by atoms with Gasteiger partial charge in [0.05, 0.1) is 66.7 Å². The fourth-order valence-corrected chi connectivity index (χ4v) is 11.7. The van der Waals surface area contributed by atoms with E-state index in [4.69, 9.17) is 20.4 Å². The Bertz CT molecular complexity index is 4080. The van der Waals surface area contributed by atoms with Crippen molar-refractivity contribution in [1.82, 2.24) is 38.5 Å². The molecule has 0 N–H and O–H groups in total. The topological polar surface area (TPSA) is 69.2 Å². The van der Waals surface area contributed by atoms with Crippen LogP contribution >= 0.6 is 0 Å². The van der Waals surface area contributed by atoms with Crippen LogP contribution in [0.5, 0.6) is 0 Å². The van der Waals surface area contributed by atoms with Crippen molar-refractivity contribution in [2.45, 2.75) is 38.5 Å². The Morgan fingerprint density at radius 1 is 0.280 bits per heavy atom. The zero-order chi connectivity index (χ0) is 49.5. The molecule has 9 heteroatoms. The number of para-hydroxylation sites is 4. The van der Waals surface area contributed by atoms with Gasteiger partial charge in [-0.05, 0) is 96.7 Å². The molecule has 0 aliphatic heterocycles. The second kappa shape index (κ2) is 16.7. The summed E-state index contributed by atoms with van der Waals surface area (Å²) < 4.78 is 8.30. The zero-order valence-electron chi connectivity index (χ0n) is 41.5. The molecule has 0 fully saturated rings. The van der Waals surface area contributed by atoms with Crippen molar-refractivity contribution in [3.63, 3.8) is 0 Å². The van der Waals surface area contributed by atoms with Gasteiger partial charge in [0.25, 0.3) is 0 Å². The molecule has 0 saturated heterocycles. The van der Waals surface area contributed by atoms with E-state index in [-0.39, 0.29) is 21.1 Å². The summed E-state index contributed by atoms with van der Waals surface area (Å²) in [6.45, 7) is 8.87. The van der Waals surface area contributed by atoms with Gasteiger partial charge < -0.3 is 0 Å². The molecule has 8 aromatic carbocycles. The molecule has 0 saturated carbocycles. The number of aromatic nitrogens is 8. The molecule has 0 aliphatic carbocycles. The number of hydrogen-bond donors (Lipinski definition) is 0. The SMILES string of the molecule is CC(C)(c1cc2c3ccccc3c3ccc[c-]c3n2n1)c1cc2c3ccccc3c3ccc[c-]c3n2n1.CC(C)(c1cc2c3ccccc3c3ccccc3n2n1)c1cc2c3ccccc3c3ccccc3n2n1.[Pt+2]. The third kappa shape index (κ3) is 6.58. The first-order valence-electron chi connectivity index (χ1n) is 25.2. The maximum absolute atomic E-state index is 5.20. The summed E-state index contributed by atoms with van der Waals surface area (Å²) in [6, 6.07) is 79.4. The van der Waals surface area contributed by atoms with Crippen LogP contribution in [0.15, 0.2) is 206 Å². The molecule has 0 radical (unpaired) electrons. The van der Waals surface area contributed by atoms with Gasteiger partial charge in [-0.25, -0.2) is 9.03 Å². The van der Waals surface area contributed by atoms with E-state index in [0.717, 1.165) is 77.7 Å². The van der Waals surface area contributed by atoms with Crippen LogP contribution in [0.3, 0.4) is 0 Å². The summed E-state index contributed by atoms with van der Waals surface area (Å²) in [7, 11) is 0. The number of pyridine rings is 4. The van der Waals surface area contributed by atoms with Crippen molar-refractivity contribution in [3.8, 4) is 0 Å². The van der Waals surface area contributed by atoms with E-state index >= 15 is 0 Å². The summed E-state index contributed by atoms with van der Waals surface area (Å²) in [6.07, 6.45) is 0. The predicted molar refractivity (Wildman–Crippen MR) is 303 cm³/mol. The molecular weight excluding hydrogens is 1100 g/mol. The predicted octanol–water partition coefficient (Wildman–Crippen LogP) is 15.4. The number of fused-ring (bicyclic) bond motifs is 24. The van der Waals surface area contributed by atoms with Gasteiger partial charge in [0.15, 0.2) is 0 Å². The molecule has 0 amide bonds. The molecule has 8 heterocycles. The maximum Gasteiger partial charge on any atom is 2.00 e. The Morgan fingerprint density at radius 3 is 0.853 bits per heavy atom. The quantitative estimate of drug-likeness (QED) is 0.130. The van der Waals surface area contributed by atoms with Crippen LogP contribution in [-0.4, -0.2) is 38.5 Å². The van der Waals surface area contributed by atoms with Crippen LogP contribution < -0.4 is 0 Å². The van der Waals surface area contributed by atoms with Crippen LogP contribution in [0.2, 0.25) is 0 Å². The number of hydrogen-bond acceptors (Lipinski definition) is 4. The van der Waals surface area contributed by atoms with Gasteiger partial charge in [-0.1, -0.05) is 144 Å². The minimum atomic E-state index is -0.428. The van der Waals surface area contributed by atoms with Gasteiger partial charge in [-0.15, -0.1) is 10.8 Å². The van der Waals surface area contributed by atoms with Crippen LogP contribution in [-0.2, 0) is 31.9 Å². The molecular formula is C66H46N8Pt. The van der Waals surface area contributed by atoms with Crippen molar-refractivity contribution in [1.29, 1.82) is 0 Å². The second-order valence-corrected chi connectivity index (χ2v) is 20.6. The smallest absolute Gasteiger partial charge is 0.257 e. The first-order valence-corrected chi connectivity index (χ1v) is 25.2. The molecule has 8 nitrogen and oxygen atoms in total. The van der Waals surface area contributed by atoms with Gasteiger partial charge in [0, 0.05) is 21.5 Å². The van der Waals surface area contributed by atoms with E-state index < -0.39 is 10.8 Å². The van der Waals surface area contributed by atoms with Crippen LogP contribution in [0.25, 0.3) is 109 Å². The summed E-state index contributed by atoms with van der Waals surface area (Å²) in [5, 5.41) is 35.2. The normalized spacial score (nSPS) is 12.4. The standard InChI is InChI=1S/C33H24N4.C33H22N4.Pt/c2*1-33(2,31-19-29-25-15-5-3-11-21(25)23-13-7-9-17-27(23)36(29)34-31)32-20-30-26-16-6-4-12-22(26)24-14-8-10-18-28(24)37(30)35-32;/h3-20H,1-2H3;3-16,19-20H,1-2H3;/q;-2;+2. The van der Waals surface area contributed by atoms with Crippen LogP contribution in [0, 0.1) is 12.1 Å². The molecule has 0 atom stereocenters.